The number of hydrogen-bond acceptors (Lipinski definition) is 3. The number of carbonyl (C=O) groups is 1. The molecule has 1 atom stereocenters. The van der Waals surface area contributed by atoms with E-state index in [4.69, 9.17) is 4.74 Å². The number of ether oxygens (including phenoxy) is 1. The predicted octanol–water partition coefficient (Wildman–Crippen LogP) is 9.99. The molecule has 6 heteroatoms. The number of rotatable bonds is 15. The van der Waals surface area contributed by atoms with Gasteiger partial charge in [0.2, 0.25) is 0 Å². The molecule has 0 saturated heterocycles. The van der Waals surface area contributed by atoms with Gasteiger partial charge in [0.25, 0.3) is 0 Å². The van der Waals surface area contributed by atoms with Crippen molar-refractivity contribution in [1.29, 1.82) is 0 Å². The molecule has 3 rings (SSSR count). The molecular formula is C33H40F3NO2. The standard InChI is InChI=1S/C33H40F3NO2/c1-3-5-7-9-10-12-25-14-16-26(17-15-25)29-22-23-30(37-24-29)27-18-20-28(21-19-27)32(38)39-31(33(34,35)36)13-11-8-6-4-2/h14-24,31H,3-13H2,1-2H3. The van der Waals surface area contributed by atoms with E-state index in [1.54, 1.807) is 12.1 Å². The van der Waals surface area contributed by atoms with E-state index < -0.39 is 18.2 Å². The van der Waals surface area contributed by atoms with Gasteiger partial charge < -0.3 is 4.74 Å². The van der Waals surface area contributed by atoms with Crippen molar-refractivity contribution in [2.24, 2.45) is 0 Å². The zero-order chi connectivity index (χ0) is 28.1. The summed E-state index contributed by atoms with van der Waals surface area (Å²) < 4.78 is 45.0. The average molecular weight is 540 g/mol. The zero-order valence-corrected chi connectivity index (χ0v) is 23.1. The first kappa shape index (κ1) is 30.4. The fourth-order valence-corrected chi connectivity index (χ4v) is 4.55. The Bertz CT molecular complexity index is 1120. The highest BCUT2D eigenvalue weighted by molar-refractivity contribution is 5.90. The minimum atomic E-state index is -4.58. The van der Waals surface area contributed by atoms with Crippen LogP contribution in [0, 0.1) is 0 Å². The number of unbranched alkanes of at least 4 members (excludes halogenated alkanes) is 7. The Labute approximate surface area is 230 Å². The lowest BCUT2D eigenvalue weighted by molar-refractivity contribution is -0.206. The van der Waals surface area contributed by atoms with Gasteiger partial charge in [0.15, 0.2) is 6.10 Å². The summed E-state index contributed by atoms with van der Waals surface area (Å²) in [5.74, 6) is -0.966. The molecule has 1 unspecified atom stereocenters. The van der Waals surface area contributed by atoms with Gasteiger partial charge in [0, 0.05) is 17.3 Å². The number of hydrogen-bond donors (Lipinski definition) is 0. The Morgan fingerprint density at radius 2 is 1.33 bits per heavy atom. The highest BCUT2D eigenvalue weighted by Gasteiger charge is 2.42. The normalized spacial score (nSPS) is 12.3. The highest BCUT2D eigenvalue weighted by atomic mass is 19.4. The van der Waals surface area contributed by atoms with E-state index in [-0.39, 0.29) is 12.0 Å². The van der Waals surface area contributed by atoms with Gasteiger partial charge in [0.1, 0.15) is 0 Å². The number of carbonyl (C=O) groups excluding carboxylic acids is 1. The molecule has 0 bridgehead atoms. The molecule has 1 aromatic heterocycles. The average Bonchev–Trinajstić information content (AvgIpc) is 2.94. The predicted molar refractivity (Wildman–Crippen MR) is 152 cm³/mol. The Morgan fingerprint density at radius 3 is 1.92 bits per heavy atom. The maximum absolute atomic E-state index is 13.4. The van der Waals surface area contributed by atoms with Crippen LogP contribution in [0.5, 0.6) is 0 Å². The van der Waals surface area contributed by atoms with Crippen molar-refractivity contribution in [2.45, 2.75) is 96.8 Å². The monoisotopic (exact) mass is 539 g/mol. The van der Waals surface area contributed by atoms with Crippen LogP contribution < -0.4 is 0 Å². The topological polar surface area (TPSA) is 39.2 Å². The number of alkyl halides is 3. The number of pyridine rings is 1. The van der Waals surface area contributed by atoms with Crippen LogP contribution in [-0.4, -0.2) is 23.2 Å². The van der Waals surface area contributed by atoms with E-state index in [0.717, 1.165) is 36.0 Å². The van der Waals surface area contributed by atoms with Crippen molar-refractivity contribution in [1.82, 2.24) is 4.98 Å². The van der Waals surface area contributed by atoms with Crippen LogP contribution in [0.1, 0.15) is 94.0 Å². The number of esters is 1. The Morgan fingerprint density at radius 1 is 0.744 bits per heavy atom. The molecule has 3 aromatic rings. The second-order valence-electron chi connectivity index (χ2n) is 10.2. The van der Waals surface area contributed by atoms with Crippen molar-refractivity contribution < 1.29 is 22.7 Å². The molecule has 39 heavy (non-hydrogen) atoms. The molecule has 210 valence electrons. The van der Waals surface area contributed by atoms with Crippen LogP contribution in [0.25, 0.3) is 22.4 Å². The number of benzene rings is 2. The number of aromatic nitrogens is 1. The lowest BCUT2D eigenvalue weighted by Gasteiger charge is -2.20. The van der Waals surface area contributed by atoms with Crippen molar-refractivity contribution in [3.05, 3.63) is 78.0 Å². The first-order valence-electron chi connectivity index (χ1n) is 14.2. The Hall–Kier alpha value is -3.15. The summed E-state index contributed by atoms with van der Waals surface area (Å²) in [5.41, 5.74) is 5.01. The van der Waals surface area contributed by atoms with E-state index in [2.05, 4.69) is 36.2 Å². The lowest BCUT2D eigenvalue weighted by Crippen LogP contribution is -2.33. The van der Waals surface area contributed by atoms with Crippen LogP contribution in [0.4, 0.5) is 13.2 Å². The minimum absolute atomic E-state index is 0.0867. The van der Waals surface area contributed by atoms with Gasteiger partial charge in [-0.2, -0.15) is 13.2 Å². The van der Waals surface area contributed by atoms with E-state index in [9.17, 15) is 18.0 Å². The first-order chi connectivity index (χ1) is 18.8. The van der Waals surface area contributed by atoms with Crippen LogP contribution in [0.2, 0.25) is 0 Å². The summed E-state index contributed by atoms with van der Waals surface area (Å²) in [6.45, 7) is 4.22. The van der Waals surface area contributed by atoms with Gasteiger partial charge in [-0.3, -0.25) is 4.98 Å². The number of nitrogens with zero attached hydrogens (tertiary/aromatic N) is 1. The van der Waals surface area contributed by atoms with Crippen LogP contribution >= 0.6 is 0 Å². The molecule has 0 aliphatic heterocycles. The fraction of sp³-hybridized carbons (Fsp3) is 0.455. The van der Waals surface area contributed by atoms with E-state index in [0.29, 0.717) is 18.5 Å². The van der Waals surface area contributed by atoms with Crippen molar-refractivity contribution >= 4 is 5.97 Å². The fourth-order valence-electron chi connectivity index (χ4n) is 4.55. The van der Waals surface area contributed by atoms with E-state index in [1.807, 2.05) is 25.3 Å². The zero-order valence-electron chi connectivity index (χ0n) is 23.1. The molecular weight excluding hydrogens is 499 g/mol. The van der Waals surface area contributed by atoms with Crippen LogP contribution in [-0.2, 0) is 11.2 Å². The molecule has 3 nitrogen and oxygen atoms in total. The molecule has 2 aromatic carbocycles. The summed E-state index contributed by atoms with van der Waals surface area (Å²) in [5, 5.41) is 0. The molecule has 0 amide bonds. The summed E-state index contributed by atoms with van der Waals surface area (Å²) in [7, 11) is 0. The van der Waals surface area contributed by atoms with E-state index >= 15 is 0 Å². The quantitative estimate of drug-likeness (QED) is 0.142. The van der Waals surface area contributed by atoms with Gasteiger partial charge in [-0.25, -0.2) is 4.79 Å². The van der Waals surface area contributed by atoms with Gasteiger partial charge in [-0.1, -0.05) is 101 Å². The maximum atomic E-state index is 13.4. The second-order valence-corrected chi connectivity index (χ2v) is 10.2. The molecule has 0 fully saturated rings. The molecule has 0 aliphatic carbocycles. The summed E-state index contributed by atoms with van der Waals surface area (Å²) in [6, 6.07) is 18.8. The van der Waals surface area contributed by atoms with Gasteiger partial charge in [-0.05, 0) is 55.0 Å². The third-order valence-corrected chi connectivity index (χ3v) is 6.97. The van der Waals surface area contributed by atoms with E-state index in [1.165, 1.54) is 49.8 Å². The number of aryl methyl sites for hydroxylation is 1. The van der Waals surface area contributed by atoms with Crippen LogP contribution in [0.3, 0.4) is 0 Å². The van der Waals surface area contributed by atoms with Crippen molar-refractivity contribution in [3.63, 3.8) is 0 Å². The smallest absolute Gasteiger partial charge is 0.425 e. The second kappa shape index (κ2) is 15.4. The SMILES string of the molecule is CCCCCCCc1ccc(-c2ccc(-c3ccc(C(=O)OC(CCCCCC)C(F)(F)F)cc3)nc2)cc1. The third kappa shape index (κ3) is 9.83. The molecule has 0 N–H and O–H groups in total. The highest BCUT2D eigenvalue weighted by Crippen LogP contribution is 2.29. The lowest BCUT2D eigenvalue weighted by atomic mass is 10.0. The van der Waals surface area contributed by atoms with Gasteiger partial charge in [-0.15, -0.1) is 0 Å². The molecule has 0 aliphatic rings. The van der Waals surface area contributed by atoms with Gasteiger partial charge >= 0.3 is 12.1 Å². The summed E-state index contributed by atoms with van der Waals surface area (Å²) in [4.78, 5) is 17.0. The Kier molecular flexibility index (Phi) is 12.0. The largest absolute Gasteiger partial charge is 0.449 e. The third-order valence-electron chi connectivity index (χ3n) is 6.97. The molecule has 0 radical (unpaired) electrons. The molecule has 0 spiro atoms. The first-order valence-corrected chi connectivity index (χ1v) is 14.2. The summed E-state index contributed by atoms with van der Waals surface area (Å²) >= 11 is 0. The van der Waals surface area contributed by atoms with Crippen molar-refractivity contribution in [3.8, 4) is 22.4 Å². The van der Waals surface area contributed by atoms with Crippen molar-refractivity contribution in [2.75, 3.05) is 0 Å². The molecule has 1 heterocycles. The maximum Gasteiger partial charge on any atom is 0.425 e. The summed E-state index contributed by atoms with van der Waals surface area (Å²) in [6.07, 6.45) is 5.22. The van der Waals surface area contributed by atoms with Gasteiger partial charge in [0.05, 0.1) is 11.3 Å². The minimum Gasteiger partial charge on any atom is -0.449 e. The molecule has 0 saturated carbocycles. The Balaban J connectivity index is 1.57. The number of halogens is 3. The van der Waals surface area contributed by atoms with Crippen LogP contribution in [0.15, 0.2) is 66.9 Å².